The summed E-state index contributed by atoms with van der Waals surface area (Å²) in [5.41, 5.74) is 8.08. The molecule has 1 aliphatic rings. The maximum Gasteiger partial charge on any atom is 0.236 e. The maximum atomic E-state index is 11.7. The van der Waals surface area contributed by atoms with E-state index in [2.05, 4.69) is 42.3 Å². The summed E-state index contributed by atoms with van der Waals surface area (Å²) in [6.07, 6.45) is 1.32. The van der Waals surface area contributed by atoms with Gasteiger partial charge in [0.15, 0.2) is 0 Å². The molecule has 1 heterocycles. The van der Waals surface area contributed by atoms with Gasteiger partial charge in [-0.25, -0.2) is 0 Å². The van der Waals surface area contributed by atoms with Crippen LogP contribution in [-0.2, 0) is 17.9 Å². The molecule has 1 aromatic rings. The quantitative estimate of drug-likeness (QED) is 0.831. The van der Waals surface area contributed by atoms with E-state index < -0.39 is 6.04 Å². The van der Waals surface area contributed by atoms with E-state index in [0.29, 0.717) is 6.54 Å². The molecule has 1 aliphatic heterocycles. The van der Waals surface area contributed by atoms with E-state index in [9.17, 15) is 4.79 Å². The Kier molecular flexibility index (Phi) is 10.6. The van der Waals surface area contributed by atoms with E-state index in [-0.39, 0.29) is 30.7 Å². The monoisotopic (exact) mass is 375 g/mol. The molecule has 1 aromatic carbocycles. The zero-order chi connectivity index (χ0) is 16.1. The minimum Gasteiger partial charge on any atom is -0.351 e. The molecule has 1 amide bonds. The number of nitrogens with one attached hydrogen (secondary N) is 1. The van der Waals surface area contributed by atoms with Crippen molar-refractivity contribution in [2.45, 2.75) is 46.3 Å². The third kappa shape index (κ3) is 6.98. The Labute approximate surface area is 158 Å². The molecule has 0 saturated carbocycles. The first-order valence-electron chi connectivity index (χ1n) is 8.28. The predicted octanol–water partition coefficient (Wildman–Crippen LogP) is 2.97. The van der Waals surface area contributed by atoms with Crippen LogP contribution < -0.4 is 11.1 Å². The van der Waals surface area contributed by atoms with Gasteiger partial charge in [-0.3, -0.25) is 9.69 Å². The van der Waals surface area contributed by atoms with Crippen molar-refractivity contribution in [2.75, 3.05) is 13.1 Å². The molecule has 4 nitrogen and oxygen atoms in total. The van der Waals surface area contributed by atoms with E-state index in [1.165, 1.54) is 17.5 Å². The van der Waals surface area contributed by atoms with Gasteiger partial charge in [0, 0.05) is 26.2 Å². The van der Waals surface area contributed by atoms with Crippen molar-refractivity contribution in [1.82, 2.24) is 10.2 Å². The number of carbonyl (C=O) groups excluding carboxylic acids is 1. The second-order valence-electron chi connectivity index (χ2n) is 6.92. The number of amides is 1. The van der Waals surface area contributed by atoms with Crippen LogP contribution in [0.15, 0.2) is 24.3 Å². The maximum absolute atomic E-state index is 11.7. The Bertz CT molecular complexity index is 501. The molecule has 0 radical (unpaired) electrons. The van der Waals surface area contributed by atoms with Crippen LogP contribution in [0.4, 0.5) is 0 Å². The van der Waals surface area contributed by atoms with Crippen LogP contribution in [-0.4, -0.2) is 29.9 Å². The van der Waals surface area contributed by atoms with Crippen LogP contribution in [0.2, 0.25) is 0 Å². The Morgan fingerprint density at radius 1 is 1.21 bits per heavy atom. The highest BCUT2D eigenvalue weighted by molar-refractivity contribution is 5.85. The van der Waals surface area contributed by atoms with Gasteiger partial charge in [0.1, 0.15) is 0 Å². The summed E-state index contributed by atoms with van der Waals surface area (Å²) in [5, 5.41) is 2.91. The zero-order valence-corrected chi connectivity index (χ0v) is 16.5. The van der Waals surface area contributed by atoms with Gasteiger partial charge in [-0.15, -0.1) is 24.8 Å². The molecule has 0 bridgehead atoms. The molecule has 0 spiro atoms. The SMILES string of the molecule is CC1CC(C)CN(Cc2ccccc2CNC(=O)[C@@H](C)N)C1.Cl.Cl. The van der Waals surface area contributed by atoms with Crippen LogP contribution in [0.5, 0.6) is 0 Å². The molecule has 2 unspecified atom stereocenters. The lowest BCUT2D eigenvalue weighted by Crippen LogP contribution is -2.39. The highest BCUT2D eigenvalue weighted by atomic mass is 35.5. The fraction of sp³-hybridized carbons (Fsp3) is 0.611. The summed E-state index contributed by atoms with van der Waals surface area (Å²) in [6.45, 7) is 10.2. The van der Waals surface area contributed by atoms with E-state index in [4.69, 9.17) is 5.73 Å². The molecule has 1 saturated heterocycles. The Hall–Kier alpha value is -0.810. The number of piperidine rings is 1. The van der Waals surface area contributed by atoms with Crippen molar-refractivity contribution < 1.29 is 4.79 Å². The Balaban J connectivity index is 0.00000264. The lowest BCUT2D eigenvalue weighted by atomic mass is 9.91. The number of benzene rings is 1. The molecule has 0 aromatic heterocycles. The molecule has 2 rings (SSSR count). The van der Waals surface area contributed by atoms with Gasteiger partial charge in [-0.1, -0.05) is 38.1 Å². The van der Waals surface area contributed by atoms with Crippen LogP contribution in [0.25, 0.3) is 0 Å². The molecule has 6 heteroatoms. The van der Waals surface area contributed by atoms with Crippen molar-refractivity contribution in [3.8, 4) is 0 Å². The number of hydrogen-bond donors (Lipinski definition) is 2. The summed E-state index contributed by atoms with van der Waals surface area (Å²) in [7, 11) is 0. The Morgan fingerprint density at radius 3 is 2.29 bits per heavy atom. The van der Waals surface area contributed by atoms with Crippen molar-refractivity contribution in [3.63, 3.8) is 0 Å². The molecule has 24 heavy (non-hydrogen) atoms. The van der Waals surface area contributed by atoms with Crippen molar-refractivity contribution in [2.24, 2.45) is 17.6 Å². The van der Waals surface area contributed by atoms with Crippen LogP contribution in [0.3, 0.4) is 0 Å². The smallest absolute Gasteiger partial charge is 0.236 e. The van der Waals surface area contributed by atoms with E-state index in [1.54, 1.807) is 6.92 Å². The van der Waals surface area contributed by atoms with E-state index >= 15 is 0 Å². The molecule has 138 valence electrons. The topological polar surface area (TPSA) is 58.4 Å². The summed E-state index contributed by atoms with van der Waals surface area (Å²) in [5.74, 6) is 1.41. The molecule has 3 N–H and O–H groups in total. The van der Waals surface area contributed by atoms with Crippen LogP contribution >= 0.6 is 24.8 Å². The minimum atomic E-state index is -0.462. The number of hydrogen-bond acceptors (Lipinski definition) is 3. The van der Waals surface area contributed by atoms with Gasteiger partial charge in [0.25, 0.3) is 0 Å². The Morgan fingerprint density at radius 2 is 1.75 bits per heavy atom. The van der Waals surface area contributed by atoms with Gasteiger partial charge in [-0.2, -0.15) is 0 Å². The van der Waals surface area contributed by atoms with Gasteiger partial charge in [0.05, 0.1) is 6.04 Å². The lowest BCUT2D eigenvalue weighted by molar-refractivity contribution is -0.122. The number of nitrogens with two attached hydrogens (primary N) is 1. The van der Waals surface area contributed by atoms with Gasteiger partial charge < -0.3 is 11.1 Å². The average molecular weight is 376 g/mol. The number of halogens is 2. The minimum absolute atomic E-state index is 0. The number of likely N-dealkylation sites (tertiary alicyclic amines) is 1. The molecule has 1 fully saturated rings. The van der Waals surface area contributed by atoms with Crippen molar-refractivity contribution in [3.05, 3.63) is 35.4 Å². The first-order valence-corrected chi connectivity index (χ1v) is 8.28. The lowest BCUT2D eigenvalue weighted by Gasteiger charge is -2.35. The van der Waals surface area contributed by atoms with Gasteiger partial charge in [-0.05, 0) is 36.3 Å². The first-order chi connectivity index (χ1) is 10.5. The average Bonchev–Trinajstić information content (AvgIpc) is 2.44. The standard InChI is InChI=1S/C18H29N3O.2ClH/c1-13-8-14(2)11-21(10-13)12-17-7-5-4-6-16(17)9-20-18(22)15(3)19;;/h4-7,13-15H,8-12,19H2,1-3H3,(H,20,22);2*1H/t13?,14?,15-;;/m1../s1. The zero-order valence-electron chi connectivity index (χ0n) is 14.8. The van der Waals surface area contributed by atoms with Gasteiger partial charge >= 0.3 is 0 Å². The normalized spacial score (nSPS) is 22.0. The van der Waals surface area contributed by atoms with Crippen LogP contribution in [0.1, 0.15) is 38.3 Å². The summed E-state index contributed by atoms with van der Waals surface area (Å²) >= 11 is 0. The van der Waals surface area contributed by atoms with E-state index in [0.717, 1.165) is 31.5 Å². The second kappa shape index (κ2) is 10.9. The van der Waals surface area contributed by atoms with Crippen LogP contribution in [0, 0.1) is 11.8 Å². The van der Waals surface area contributed by atoms with Crippen molar-refractivity contribution in [1.29, 1.82) is 0 Å². The summed E-state index contributed by atoms with van der Waals surface area (Å²) in [6, 6.07) is 7.89. The number of nitrogens with zero attached hydrogens (tertiary/aromatic N) is 1. The summed E-state index contributed by atoms with van der Waals surface area (Å²) in [4.78, 5) is 14.2. The molecular formula is C18H31Cl2N3O. The summed E-state index contributed by atoms with van der Waals surface area (Å²) < 4.78 is 0. The predicted molar refractivity (Wildman–Crippen MR) is 105 cm³/mol. The second-order valence-corrected chi connectivity index (χ2v) is 6.92. The highest BCUT2D eigenvalue weighted by Gasteiger charge is 2.22. The third-order valence-corrected chi connectivity index (χ3v) is 4.32. The van der Waals surface area contributed by atoms with E-state index in [1.807, 2.05) is 6.07 Å². The third-order valence-electron chi connectivity index (χ3n) is 4.32. The fourth-order valence-electron chi connectivity index (χ4n) is 3.39. The molecule has 3 atom stereocenters. The number of rotatable bonds is 5. The highest BCUT2D eigenvalue weighted by Crippen LogP contribution is 2.23. The van der Waals surface area contributed by atoms with Crippen molar-refractivity contribution >= 4 is 30.7 Å². The molecular weight excluding hydrogens is 345 g/mol. The first kappa shape index (κ1) is 23.2. The fourth-order valence-corrected chi connectivity index (χ4v) is 3.39. The molecule has 0 aliphatic carbocycles. The largest absolute Gasteiger partial charge is 0.351 e. The number of carbonyl (C=O) groups is 1. The van der Waals surface area contributed by atoms with Gasteiger partial charge in [0.2, 0.25) is 5.91 Å².